The van der Waals surface area contributed by atoms with Crippen LogP contribution in [0.2, 0.25) is 0 Å². The van der Waals surface area contributed by atoms with Gasteiger partial charge in [0.2, 0.25) is 20.0 Å². The van der Waals surface area contributed by atoms with Crippen LogP contribution in [-0.2, 0) is 20.0 Å². The lowest BCUT2D eigenvalue weighted by Crippen LogP contribution is -2.43. The van der Waals surface area contributed by atoms with Crippen molar-refractivity contribution in [2.75, 3.05) is 19.6 Å². The molecule has 1 aliphatic heterocycles. The van der Waals surface area contributed by atoms with Gasteiger partial charge in [-0.25, -0.2) is 30.3 Å². The molecule has 1 aromatic rings. The number of piperidine rings is 1. The number of halogens is 2. The number of sulfonamides is 2. The highest BCUT2D eigenvalue weighted by atomic mass is 32.2. The average Bonchev–Trinajstić information content (AvgIpc) is 2.56. The Hall–Kier alpha value is -1.36. The molecule has 0 aliphatic carbocycles. The number of hydrogen-bond acceptors (Lipinski definition) is 4. The molecule has 1 fully saturated rings. The summed E-state index contributed by atoms with van der Waals surface area (Å²) in [5.41, 5.74) is 0. The molecule has 0 saturated carbocycles. The number of benzene rings is 1. The summed E-state index contributed by atoms with van der Waals surface area (Å²) in [4.78, 5) is -0.325. The third kappa shape index (κ3) is 4.38. The lowest BCUT2D eigenvalue weighted by Gasteiger charge is -2.31. The highest BCUT2D eigenvalue weighted by molar-refractivity contribution is 7.92. The molecule has 0 spiro atoms. The van der Waals surface area contributed by atoms with Gasteiger partial charge < -0.3 is 0 Å². The molecule has 0 amide bonds. The number of hydrogen-bond donors (Lipinski definition) is 1. The summed E-state index contributed by atoms with van der Waals surface area (Å²) in [5, 5.41) is 0.783. The van der Waals surface area contributed by atoms with Gasteiger partial charge >= 0.3 is 0 Å². The van der Waals surface area contributed by atoms with Crippen LogP contribution in [0, 0.1) is 17.6 Å². The summed E-state index contributed by atoms with van der Waals surface area (Å²) in [7, 11) is -7.54. The third-order valence-corrected chi connectivity index (χ3v) is 6.67. The second-order valence-electron chi connectivity index (χ2n) is 5.51. The molecule has 0 radical (unpaired) electrons. The van der Waals surface area contributed by atoms with E-state index < -0.39 is 31.7 Å². The van der Waals surface area contributed by atoms with Gasteiger partial charge in [0.05, 0.1) is 4.90 Å². The van der Waals surface area contributed by atoms with Gasteiger partial charge in [-0.15, -0.1) is 0 Å². The molecule has 24 heavy (non-hydrogen) atoms. The molecule has 10 heteroatoms. The van der Waals surface area contributed by atoms with E-state index in [2.05, 4.69) is 11.3 Å². The van der Waals surface area contributed by atoms with E-state index in [0.717, 1.165) is 21.8 Å². The topological polar surface area (TPSA) is 83.6 Å². The molecule has 0 aromatic heterocycles. The molecule has 6 nitrogen and oxygen atoms in total. The Balaban J connectivity index is 2.13. The van der Waals surface area contributed by atoms with Gasteiger partial charge in [-0.1, -0.05) is 6.58 Å². The zero-order valence-electron chi connectivity index (χ0n) is 12.8. The van der Waals surface area contributed by atoms with Crippen molar-refractivity contribution in [2.45, 2.75) is 17.7 Å². The quantitative estimate of drug-likeness (QED) is 0.809. The van der Waals surface area contributed by atoms with Crippen LogP contribution in [-0.4, -0.2) is 40.8 Å². The predicted molar refractivity (Wildman–Crippen MR) is 85.0 cm³/mol. The van der Waals surface area contributed by atoms with Crippen molar-refractivity contribution in [2.24, 2.45) is 5.92 Å². The SMILES string of the molecule is C=CS(=O)(=O)NC[C@H]1CCCN(S(=O)(=O)c2ccc(F)c(F)c2)C1. The maximum Gasteiger partial charge on any atom is 0.243 e. The number of nitrogens with one attached hydrogen (secondary N) is 1. The fraction of sp³-hybridized carbons (Fsp3) is 0.429. The number of rotatable bonds is 6. The molecule has 1 heterocycles. The van der Waals surface area contributed by atoms with Crippen LogP contribution in [0.1, 0.15) is 12.8 Å². The highest BCUT2D eigenvalue weighted by Gasteiger charge is 2.31. The molecule has 2 rings (SSSR count). The molecular weight excluding hydrogens is 362 g/mol. The van der Waals surface area contributed by atoms with Crippen LogP contribution >= 0.6 is 0 Å². The largest absolute Gasteiger partial charge is 0.243 e. The summed E-state index contributed by atoms with van der Waals surface area (Å²) in [6.07, 6.45) is 1.20. The first-order valence-electron chi connectivity index (χ1n) is 7.23. The van der Waals surface area contributed by atoms with Gasteiger partial charge in [0.1, 0.15) is 0 Å². The minimum atomic E-state index is -3.96. The maximum absolute atomic E-state index is 13.3. The highest BCUT2D eigenvalue weighted by Crippen LogP contribution is 2.24. The van der Waals surface area contributed by atoms with Crippen molar-refractivity contribution >= 4 is 20.0 Å². The van der Waals surface area contributed by atoms with Crippen molar-refractivity contribution in [1.29, 1.82) is 0 Å². The Morgan fingerprint density at radius 3 is 2.58 bits per heavy atom. The smallest absolute Gasteiger partial charge is 0.211 e. The van der Waals surface area contributed by atoms with E-state index in [-0.39, 0.29) is 30.4 Å². The van der Waals surface area contributed by atoms with Crippen LogP contribution in [0.5, 0.6) is 0 Å². The van der Waals surface area contributed by atoms with E-state index >= 15 is 0 Å². The van der Waals surface area contributed by atoms with Gasteiger partial charge in [0.25, 0.3) is 0 Å². The molecule has 1 aliphatic rings. The lowest BCUT2D eigenvalue weighted by molar-refractivity contribution is 0.267. The monoisotopic (exact) mass is 380 g/mol. The molecule has 1 atom stereocenters. The van der Waals surface area contributed by atoms with Gasteiger partial charge in [-0.3, -0.25) is 0 Å². The molecule has 1 aromatic carbocycles. The Bertz CT molecular complexity index is 825. The molecular formula is C14H18F2N2O4S2. The van der Waals surface area contributed by atoms with E-state index in [9.17, 15) is 25.6 Å². The minimum absolute atomic E-state index is 0.0815. The maximum atomic E-state index is 13.3. The first kappa shape index (κ1) is 19.0. The zero-order valence-corrected chi connectivity index (χ0v) is 14.4. The van der Waals surface area contributed by atoms with E-state index in [1.165, 1.54) is 0 Å². The van der Waals surface area contributed by atoms with Crippen LogP contribution in [0.15, 0.2) is 35.1 Å². The van der Waals surface area contributed by atoms with E-state index in [0.29, 0.717) is 18.9 Å². The molecule has 0 unspecified atom stereocenters. The molecule has 0 bridgehead atoms. The van der Waals surface area contributed by atoms with E-state index in [4.69, 9.17) is 0 Å². The Morgan fingerprint density at radius 2 is 1.96 bits per heavy atom. The Labute approximate surface area is 140 Å². The molecule has 1 N–H and O–H groups in total. The summed E-state index contributed by atoms with van der Waals surface area (Å²) >= 11 is 0. The predicted octanol–water partition coefficient (Wildman–Crippen LogP) is 1.43. The van der Waals surface area contributed by atoms with Gasteiger partial charge in [0, 0.05) is 25.0 Å². The van der Waals surface area contributed by atoms with E-state index in [1.54, 1.807) is 0 Å². The van der Waals surface area contributed by atoms with Crippen molar-refractivity contribution in [3.8, 4) is 0 Å². The Kier molecular flexibility index (Phi) is 5.74. The van der Waals surface area contributed by atoms with Crippen molar-refractivity contribution in [3.05, 3.63) is 41.8 Å². The van der Waals surface area contributed by atoms with Crippen LogP contribution in [0.25, 0.3) is 0 Å². The van der Waals surface area contributed by atoms with Crippen molar-refractivity contribution < 1.29 is 25.6 Å². The summed E-state index contributed by atoms with van der Waals surface area (Å²) in [5.74, 6) is -2.57. The Morgan fingerprint density at radius 1 is 1.25 bits per heavy atom. The van der Waals surface area contributed by atoms with Crippen LogP contribution in [0.3, 0.4) is 0 Å². The normalized spacial score (nSPS) is 20.0. The number of nitrogens with zero attached hydrogens (tertiary/aromatic N) is 1. The van der Waals surface area contributed by atoms with Gasteiger partial charge in [-0.05, 0) is 37.0 Å². The second kappa shape index (κ2) is 7.26. The van der Waals surface area contributed by atoms with Gasteiger partial charge in [-0.2, -0.15) is 4.31 Å². The first-order chi connectivity index (χ1) is 11.2. The summed E-state index contributed by atoms with van der Waals surface area (Å²) < 4.78 is 77.6. The van der Waals surface area contributed by atoms with E-state index in [1.807, 2.05) is 0 Å². The molecule has 1 saturated heterocycles. The van der Waals surface area contributed by atoms with Crippen LogP contribution < -0.4 is 4.72 Å². The van der Waals surface area contributed by atoms with Crippen molar-refractivity contribution in [3.63, 3.8) is 0 Å². The molecule has 134 valence electrons. The van der Waals surface area contributed by atoms with Crippen LogP contribution in [0.4, 0.5) is 8.78 Å². The summed E-state index contributed by atoms with van der Waals surface area (Å²) in [6, 6.07) is 2.42. The standard InChI is InChI=1S/C14H18F2N2O4S2/c1-2-23(19,20)17-9-11-4-3-7-18(10-11)24(21,22)12-5-6-13(15)14(16)8-12/h2,5-6,8,11,17H,1,3-4,7,9-10H2/t11-/m1/s1. The minimum Gasteiger partial charge on any atom is -0.211 e. The van der Waals surface area contributed by atoms with Gasteiger partial charge in [0.15, 0.2) is 11.6 Å². The average molecular weight is 380 g/mol. The fourth-order valence-electron chi connectivity index (χ4n) is 2.49. The first-order valence-corrected chi connectivity index (χ1v) is 10.2. The fourth-order valence-corrected chi connectivity index (χ4v) is 4.64. The lowest BCUT2D eigenvalue weighted by atomic mass is 10.0. The second-order valence-corrected chi connectivity index (χ2v) is 9.16. The van der Waals surface area contributed by atoms with Crippen molar-refractivity contribution in [1.82, 2.24) is 9.03 Å². The summed E-state index contributed by atoms with van der Waals surface area (Å²) in [6.45, 7) is 3.60. The zero-order chi connectivity index (χ0) is 18.0. The third-order valence-electron chi connectivity index (χ3n) is 3.80.